The molecular weight excluding hydrogens is 528 g/mol. The monoisotopic (exact) mass is 560 g/mol. The predicted molar refractivity (Wildman–Crippen MR) is 162 cm³/mol. The number of aromatic nitrogens is 1. The standard InChI is InChI=1S/C34H32N4O4/c1-18-28(35-20(3)30(18)34(42)38-31-24-12-8-7-11-22(24)16-29(31)39)17-26-25-15-23(13-14-27(25)37-33(26)41)32(40)36-19(2)21-9-5-4-6-10-21/h4-15,17,19,29,31,35,39H,16H2,1-3H3,(H,36,40)(H,37,41)(H,38,42)/b26-17-/t19-,29+,31-/m1/s1. The topological polar surface area (TPSA) is 123 Å². The van der Waals surface area contributed by atoms with Gasteiger partial charge in [-0.1, -0.05) is 54.6 Å². The quantitative estimate of drug-likeness (QED) is 0.213. The van der Waals surface area contributed by atoms with Gasteiger partial charge in [-0.25, -0.2) is 0 Å². The Labute approximate surface area is 243 Å². The third-order valence-electron chi connectivity index (χ3n) is 8.19. The van der Waals surface area contributed by atoms with Gasteiger partial charge in [-0.05, 0) is 67.3 Å². The van der Waals surface area contributed by atoms with Crippen LogP contribution in [0.3, 0.4) is 0 Å². The van der Waals surface area contributed by atoms with Gasteiger partial charge in [0.1, 0.15) is 0 Å². The van der Waals surface area contributed by atoms with E-state index in [4.69, 9.17) is 0 Å². The zero-order valence-corrected chi connectivity index (χ0v) is 23.6. The van der Waals surface area contributed by atoms with E-state index < -0.39 is 12.1 Å². The molecule has 6 rings (SSSR count). The third-order valence-corrected chi connectivity index (χ3v) is 8.19. The van der Waals surface area contributed by atoms with Gasteiger partial charge in [0.15, 0.2) is 0 Å². The number of carbonyl (C=O) groups excluding carboxylic acids is 3. The second-order valence-electron chi connectivity index (χ2n) is 11.0. The van der Waals surface area contributed by atoms with E-state index in [2.05, 4.69) is 20.9 Å². The van der Waals surface area contributed by atoms with Crippen LogP contribution in [-0.2, 0) is 11.2 Å². The molecule has 0 spiro atoms. The number of aliphatic hydroxyl groups is 1. The van der Waals surface area contributed by atoms with Crippen LogP contribution in [0.25, 0.3) is 11.6 Å². The maximum atomic E-state index is 13.4. The first kappa shape index (κ1) is 27.2. The molecule has 0 fully saturated rings. The van der Waals surface area contributed by atoms with Gasteiger partial charge in [-0.15, -0.1) is 0 Å². The zero-order valence-electron chi connectivity index (χ0n) is 23.6. The maximum Gasteiger partial charge on any atom is 0.256 e. The average Bonchev–Trinajstić information content (AvgIpc) is 3.57. The van der Waals surface area contributed by atoms with Gasteiger partial charge < -0.3 is 26.0 Å². The van der Waals surface area contributed by atoms with Crippen LogP contribution in [0.1, 0.15) is 78.9 Å². The molecular formula is C34H32N4O4. The summed E-state index contributed by atoms with van der Waals surface area (Å²) in [4.78, 5) is 42.8. The Balaban J connectivity index is 1.26. The molecule has 4 aromatic rings. The molecule has 5 N–H and O–H groups in total. The summed E-state index contributed by atoms with van der Waals surface area (Å²) in [5.41, 5.74) is 7.44. The van der Waals surface area contributed by atoms with E-state index in [9.17, 15) is 19.5 Å². The Kier molecular flexibility index (Phi) is 7.00. The summed E-state index contributed by atoms with van der Waals surface area (Å²) in [6.45, 7) is 5.56. The Hall–Kier alpha value is -4.95. The van der Waals surface area contributed by atoms with E-state index in [0.29, 0.717) is 51.3 Å². The van der Waals surface area contributed by atoms with Crippen molar-refractivity contribution in [2.75, 3.05) is 5.32 Å². The zero-order chi connectivity index (χ0) is 29.5. The predicted octanol–water partition coefficient (Wildman–Crippen LogP) is 5.00. The van der Waals surface area contributed by atoms with E-state index in [1.54, 1.807) is 24.3 Å². The normalized spacial score (nSPS) is 18.8. The van der Waals surface area contributed by atoms with Crippen molar-refractivity contribution in [3.8, 4) is 0 Å². The van der Waals surface area contributed by atoms with Gasteiger partial charge in [0.05, 0.1) is 29.3 Å². The summed E-state index contributed by atoms with van der Waals surface area (Å²) in [6.07, 6.45) is 1.51. The number of benzene rings is 3. The molecule has 212 valence electrons. The molecule has 1 aliphatic carbocycles. The molecule has 3 amide bonds. The lowest BCUT2D eigenvalue weighted by molar-refractivity contribution is -0.110. The average molecular weight is 561 g/mol. The summed E-state index contributed by atoms with van der Waals surface area (Å²) in [7, 11) is 0. The number of hydrogen-bond donors (Lipinski definition) is 5. The van der Waals surface area contributed by atoms with Gasteiger partial charge >= 0.3 is 0 Å². The minimum Gasteiger partial charge on any atom is -0.390 e. The van der Waals surface area contributed by atoms with Crippen LogP contribution in [0.5, 0.6) is 0 Å². The lowest BCUT2D eigenvalue weighted by atomic mass is 10.0. The second-order valence-corrected chi connectivity index (χ2v) is 11.0. The number of anilines is 1. The van der Waals surface area contributed by atoms with Gasteiger partial charge in [0, 0.05) is 34.6 Å². The third kappa shape index (κ3) is 4.90. The molecule has 2 heterocycles. The molecule has 0 saturated heterocycles. The Bertz CT molecular complexity index is 1750. The fraction of sp³-hybridized carbons (Fsp3) is 0.206. The summed E-state index contributed by atoms with van der Waals surface area (Å²) in [5.74, 6) is -0.827. The number of rotatable bonds is 6. The van der Waals surface area contributed by atoms with E-state index in [1.807, 2.05) is 75.4 Å². The largest absolute Gasteiger partial charge is 0.390 e. The van der Waals surface area contributed by atoms with E-state index in [1.165, 1.54) is 0 Å². The first-order valence-corrected chi connectivity index (χ1v) is 14.0. The number of amides is 3. The highest BCUT2D eigenvalue weighted by Crippen LogP contribution is 2.36. The van der Waals surface area contributed by atoms with Crippen LogP contribution >= 0.6 is 0 Å². The minimum atomic E-state index is -0.701. The Morgan fingerprint density at radius 1 is 1.00 bits per heavy atom. The van der Waals surface area contributed by atoms with Crippen LogP contribution in [0.4, 0.5) is 5.69 Å². The molecule has 0 saturated carbocycles. The molecule has 0 unspecified atom stereocenters. The molecule has 0 radical (unpaired) electrons. The van der Waals surface area contributed by atoms with Crippen LogP contribution in [0.15, 0.2) is 72.8 Å². The van der Waals surface area contributed by atoms with E-state index in [0.717, 1.165) is 16.7 Å². The lowest BCUT2D eigenvalue weighted by Gasteiger charge is -2.18. The highest BCUT2D eigenvalue weighted by Gasteiger charge is 2.33. The van der Waals surface area contributed by atoms with Crippen molar-refractivity contribution in [3.05, 3.63) is 123 Å². The summed E-state index contributed by atoms with van der Waals surface area (Å²) in [6, 6.07) is 21.9. The molecule has 1 aliphatic heterocycles. The van der Waals surface area contributed by atoms with Gasteiger partial charge in [-0.3, -0.25) is 14.4 Å². The van der Waals surface area contributed by atoms with Crippen molar-refractivity contribution < 1.29 is 19.5 Å². The molecule has 2 aliphatic rings. The highest BCUT2D eigenvalue weighted by molar-refractivity contribution is 6.35. The van der Waals surface area contributed by atoms with Crippen molar-refractivity contribution in [1.29, 1.82) is 0 Å². The SMILES string of the molecule is Cc1[nH]c(/C=C2\C(=O)Nc3ccc(C(=O)N[C@H](C)c4ccccc4)cc32)c(C)c1C(=O)N[C@@H]1c2ccccc2C[C@@H]1O. The number of aryl methyl sites for hydroxylation is 1. The number of hydrogen-bond acceptors (Lipinski definition) is 4. The number of nitrogens with one attached hydrogen (secondary N) is 4. The summed E-state index contributed by atoms with van der Waals surface area (Å²) >= 11 is 0. The van der Waals surface area contributed by atoms with Crippen molar-refractivity contribution in [3.63, 3.8) is 0 Å². The number of aliphatic hydroxyl groups excluding tert-OH is 1. The first-order valence-electron chi connectivity index (χ1n) is 14.0. The summed E-state index contributed by atoms with van der Waals surface area (Å²) < 4.78 is 0. The van der Waals surface area contributed by atoms with Crippen LogP contribution in [0.2, 0.25) is 0 Å². The fourth-order valence-corrected chi connectivity index (χ4v) is 5.94. The van der Waals surface area contributed by atoms with Gasteiger partial charge in [0.2, 0.25) is 0 Å². The smallest absolute Gasteiger partial charge is 0.256 e. The molecule has 8 heteroatoms. The number of fused-ring (bicyclic) bond motifs is 2. The molecule has 3 aromatic carbocycles. The molecule has 0 bridgehead atoms. The van der Waals surface area contributed by atoms with Crippen LogP contribution in [0, 0.1) is 13.8 Å². The molecule has 42 heavy (non-hydrogen) atoms. The lowest BCUT2D eigenvalue weighted by Crippen LogP contribution is -2.34. The molecule has 1 aromatic heterocycles. The van der Waals surface area contributed by atoms with Crippen molar-refractivity contribution in [2.45, 2.75) is 45.4 Å². The number of carbonyl (C=O) groups is 3. The fourth-order valence-electron chi connectivity index (χ4n) is 5.94. The van der Waals surface area contributed by atoms with E-state index >= 15 is 0 Å². The van der Waals surface area contributed by atoms with Crippen molar-refractivity contribution in [1.82, 2.24) is 15.6 Å². The van der Waals surface area contributed by atoms with Gasteiger partial charge in [0.25, 0.3) is 17.7 Å². The summed E-state index contributed by atoms with van der Waals surface area (Å²) in [5, 5.41) is 19.5. The van der Waals surface area contributed by atoms with Crippen molar-refractivity contribution in [2.24, 2.45) is 0 Å². The maximum absolute atomic E-state index is 13.4. The number of H-pyrrole nitrogens is 1. The Morgan fingerprint density at radius 3 is 2.52 bits per heavy atom. The second kappa shape index (κ2) is 10.8. The highest BCUT2D eigenvalue weighted by atomic mass is 16.3. The van der Waals surface area contributed by atoms with Crippen LogP contribution < -0.4 is 16.0 Å². The van der Waals surface area contributed by atoms with Crippen molar-refractivity contribution >= 4 is 35.1 Å². The van der Waals surface area contributed by atoms with Gasteiger partial charge in [-0.2, -0.15) is 0 Å². The first-order chi connectivity index (χ1) is 20.2. The number of aromatic amines is 1. The Morgan fingerprint density at radius 2 is 1.74 bits per heavy atom. The van der Waals surface area contributed by atoms with E-state index in [-0.39, 0.29) is 23.8 Å². The minimum absolute atomic E-state index is 0.186. The molecule has 8 nitrogen and oxygen atoms in total. The molecule has 3 atom stereocenters. The van der Waals surface area contributed by atoms with Crippen LogP contribution in [-0.4, -0.2) is 33.9 Å².